The monoisotopic (exact) mass is 315 g/mol. The van der Waals surface area contributed by atoms with E-state index in [1.54, 1.807) is 6.92 Å². The van der Waals surface area contributed by atoms with Gasteiger partial charge in [-0.25, -0.2) is 0 Å². The van der Waals surface area contributed by atoms with Crippen molar-refractivity contribution in [2.45, 2.75) is 20.0 Å². The molecule has 0 unspecified atom stereocenters. The fourth-order valence-corrected chi connectivity index (χ4v) is 1.83. The summed E-state index contributed by atoms with van der Waals surface area (Å²) in [6.07, 6.45) is 0. The first-order valence-electron chi connectivity index (χ1n) is 5.09. The lowest BCUT2D eigenvalue weighted by Gasteiger charge is -2.03. The quantitative estimate of drug-likeness (QED) is 0.942. The van der Waals surface area contributed by atoms with Crippen molar-refractivity contribution in [2.24, 2.45) is 0 Å². The van der Waals surface area contributed by atoms with E-state index in [1.807, 2.05) is 18.2 Å². The lowest BCUT2D eigenvalue weighted by Crippen LogP contribution is -2.13. The smallest absolute Gasteiger partial charge is 0.223 e. The van der Waals surface area contributed by atoms with Crippen LogP contribution in [0.15, 0.2) is 27.2 Å². The number of halogens is 2. The third-order valence-electron chi connectivity index (χ3n) is 2.17. The van der Waals surface area contributed by atoms with Crippen LogP contribution in [-0.4, -0.2) is 10.1 Å². The summed E-state index contributed by atoms with van der Waals surface area (Å²) < 4.78 is 5.77. The number of nitrogens with one attached hydrogen (secondary N) is 1. The number of hydrogen-bond acceptors (Lipinski definition) is 4. The predicted molar refractivity (Wildman–Crippen MR) is 68.7 cm³/mol. The van der Waals surface area contributed by atoms with Gasteiger partial charge in [0.25, 0.3) is 0 Å². The van der Waals surface area contributed by atoms with Gasteiger partial charge >= 0.3 is 0 Å². The number of aryl methyl sites for hydroxylation is 1. The molecule has 1 N–H and O–H groups in total. The van der Waals surface area contributed by atoms with Gasteiger partial charge in [-0.2, -0.15) is 4.98 Å². The first-order valence-corrected chi connectivity index (χ1v) is 6.26. The fraction of sp³-hybridized carbons (Fsp3) is 0.273. The maximum Gasteiger partial charge on any atom is 0.223 e. The molecule has 17 heavy (non-hydrogen) atoms. The highest BCUT2D eigenvalue weighted by Crippen LogP contribution is 2.23. The third kappa shape index (κ3) is 3.52. The van der Waals surface area contributed by atoms with Gasteiger partial charge in [-0.1, -0.05) is 22.8 Å². The Morgan fingerprint density at radius 3 is 2.88 bits per heavy atom. The molecule has 0 aliphatic carbocycles. The highest BCUT2D eigenvalue weighted by molar-refractivity contribution is 9.10. The zero-order valence-corrected chi connectivity index (χ0v) is 11.5. The second kappa shape index (κ2) is 5.62. The Bertz CT molecular complexity index is 515. The van der Waals surface area contributed by atoms with E-state index in [4.69, 9.17) is 16.1 Å². The van der Waals surface area contributed by atoms with Gasteiger partial charge < -0.3 is 9.84 Å². The average Bonchev–Trinajstić information content (AvgIpc) is 2.70. The van der Waals surface area contributed by atoms with Crippen LogP contribution in [0.3, 0.4) is 0 Å². The van der Waals surface area contributed by atoms with Gasteiger partial charge in [0.05, 0.1) is 11.6 Å². The molecule has 0 radical (unpaired) electrons. The number of rotatable bonds is 4. The van der Waals surface area contributed by atoms with Crippen molar-refractivity contribution in [2.75, 3.05) is 0 Å². The molecule has 0 spiro atoms. The van der Waals surface area contributed by atoms with Crippen LogP contribution in [0.2, 0.25) is 5.02 Å². The van der Waals surface area contributed by atoms with Crippen LogP contribution in [0.4, 0.5) is 0 Å². The maximum atomic E-state index is 6.00. The summed E-state index contributed by atoms with van der Waals surface area (Å²) in [6.45, 7) is 3.05. The second-order valence-corrected chi connectivity index (χ2v) is 4.84. The molecule has 0 aliphatic rings. The van der Waals surface area contributed by atoms with Crippen LogP contribution in [0, 0.1) is 6.92 Å². The van der Waals surface area contributed by atoms with Crippen LogP contribution >= 0.6 is 27.5 Å². The van der Waals surface area contributed by atoms with E-state index in [9.17, 15) is 0 Å². The topological polar surface area (TPSA) is 51.0 Å². The number of benzene rings is 1. The molecule has 0 atom stereocenters. The summed E-state index contributed by atoms with van der Waals surface area (Å²) in [7, 11) is 0. The molecule has 0 bridgehead atoms. The van der Waals surface area contributed by atoms with E-state index in [0.717, 1.165) is 10.0 Å². The Labute approximate surface area is 112 Å². The first-order chi connectivity index (χ1) is 8.15. The molecule has 0 saturated carbocycles. The van der Waals surface area contributed by atoms with Gasteiger partial charge in [-0.15, -0.1) is 0 Å². The first kappa shape index (κ1) is 12.5. The van der Waals surface area contributed by atoms with Gasteiger partial charge in [-0.05, 0) is 33.6 Å². The van der Waals surface area contributed by atoms with Crippen molar-refractivity contribution in [1.82, 2.24) is 15.5 Å². The molecule has 1 heterocycles. The predicted octanol–water partition coefficient (Wildman–Crippen LogP) is 3.08. The Hall–Kier alpha value is -0.910. The van der Waals surface area contributed by atoms with Crippen molar-refractivity contribution < 1.29 is 4.52 Å². The SMILES string of the molecule is Cc1nc(CNCc2ccc(Br)c(Cl)c2)no1. The largest absolute Gasteiger partial charge is 0.340 e. The van der Waals surface area contributed by atoms with E-state index in [-0.39, 0.29) is 0 Å². The van der Waals surface area contributed by atoms with Crippen LogP contribution in [-0.2, 0) is 13.1 Å². The highest BCUT2D eigenvalue weighted by Gasteiger charge is 2.02. The molecule has 6 heteroatoms. The number of hydrogen-bond donors (Lipinski definition) is 1. The minimum Gasteiger partial charge on any atom is -0.340 e. The van der Waals surface area contributed by atoms with Crippen LogP contribution in [0.1, 0.15) is 17.3 Å². The molecular weight excluding hydrogens is 305 g/mol. The third-order valence-corrected chi connectivity index (χ3v) is 3.40. The lowest BCUT2D eigenvalue weighted by atomic mass is 10.2. The van der Waals surface area contributed by atoms with Gasteiger partial charge in [-0.3, -0.25) is 0 Å². The number of nitrogens with zero attached hydrogens (tertiary/aromatic N) is 2. The Balaban J connectivity index is 1.87. The standard InChI is InChI=1S/C11H11BrClN3O/c1-7-15-11(16-17-7)6-14-5-8-2-3-9(12)10(13)4-8/h2-4,14H,5-6H2,1H3. The van der Waals surface area contributed by atoms with E-state index >= 15 is 0 Å². The number of aromatic nitrogens is 2. The summed E-state index contributed by atoms with van der Waals surface area (Å²) in [4.78, 5) is 4.10. The molecule has 1 aromatic carbocycles. The van der Waals surface area contributed by atoms with Gasteiger partial charge in [0.2, 0.25) is 5.89 Å². The van der Waals surface area contributed by atoms with Gasteiger partial charge in [0.15, 0.2) is 5.82 Å². The van der Waals surface area contributed by atoms with E-state index in [1.165, 1.54) is 0 Å². The van der Waals surface area contributed by atoms with E-state index in [2.05, 4.69) is 31.4 Å². The molecule has 90 valence electrons. The molecule has 0 amide bonds. The zero-order chi connectivity index (χ0) is 12.3. The highest BCUT2D eigenvalue weighted by atomic mass is 79.9. The summed E-state index contributed by atoms with van der Waals surface area (Å²) in [5.41, 5.74) is 1.11. The summed E-state index contributed by atoms with van der Waals surface area (Å²) in [5, 5.41) is 7.72. The Kier molecular flexibility index (Phi) is 4.15. The normalized spacial score (nSPS) is 10.8. The van der Waals surface area contributed by atoms with Crippen LogP contribution in [0.25, 0.3) is 0 Å². The van der Waals surface area contributed by atoms with E-state index < -0.39 is 0 Å². The summed E-state index contributed by atoms with van der Waals surface area (Å²) in [5.74, 6) is 1.24. The van der Waals surface area contributed by atoms with Crippen LogP contribution in [0.5, 0.6) is 0 Å². The van der Waals surface area contributed by atoms with Crippen molar-refractivity contribution in [3.05, 3.63) is 45.0 Å². The minimum atomic E-state index is 0.574. The maximum absolute atomic E-state index is 6.00. The van der Waals surface area contributed by atoms with Gasteiger partial charge in [0.1, 0.15) is 0 Å². The Morgan fingerprint density at radius 1 is 1.41 bits per heavy atom. The zero-order valence-electron chi connectivity index (χ0n) is 9.20. The van der Waals surface area contributed by atoms with Crippen molar-refractivity contribution in [3.8, 4) is 0 Å². The van der Waals surface area contributed by atoms with Crippen molar-refractivity contribution in [3.63, 3.8) is 0 Å². The molecule has 0 saturated heterocycles. The van der Waals surface area contributed by atoms with Crippen LogP contribution < -0.4 is 5.32 Å². The lowest BCUT2D eigenvalue weighted by molar-refractivity contribution is 0.385. The summed E-state index contributed by atoms with van der Waals surface area (Å²) >= 11 is 9.35. The minimum absolute atomic E-state index is 0.574. The molecule has 4 nitrogen and oxygen atoms in total. The molecule has 2 rings (SSSR count). The van der Waals surface area contributed by atoms with Crippen molar-refractivity contribution in [1.29, 1.82) is 0 Å². The molecular formula is C11H11BrClN3O. The van der Waals surface area contributed by atoms with Gasteiger partial charge in [0, 0.05) is 17.9 Å². The molecule has 1 aromatic heterocycles. The second-order valence-electron chi connectivity index (χ2n) is 3.58. The average molecular weight is 317 g/mol. The van der Waals surface area contributed by atoms with Crippen molar-refractivity contribution >= 4 is 27.5 Å². The summed E-state index contributed by atoms with van der Waals surface area (Å²) in [6, 6.07) is 5.85. The molecule has 0 aliphatic heterocycles. The molecule has 2 aromatic rings. The Morgan fingerprint density at radius 2 is 2.24 bits per heavy atom. The molecule has 0 fully saturated rings. The fourth-order valence-electron chi connectivity index (χ4n) is 1.38. The van der Waals surface area contributed by atoms with E-state index in [0.29, 0.717) is 29.8 Å².